The number of rotatable bonds is 6. The second kappa shape index (κ2) is 8.68. The maximum Gasteiger partial charge on any atom is 0.240 e. The molecule has 176 valence electrons. The number of nitrogens with zero attached hydrogens (tertiary/aromatic N) is 3. The summed E-state index contributed by atoms with van der Waals surface area (Å²) in [5.74, 6) is -0.438. The molecule has 2 heterocycles. The Labute approximate surface area is 200 Å². The third-order valence-corrected chi connectivity index (χ3v) is 8.65. The highest BCUT2D eigenvalue weighted by molar-refractivity contribution is 7.89. The molecular formula is C24H23FN4O3S2. The van der Waals surface area contributed by atoms with E-state index in [9.17, 15) is 17.6 Å². The molecule has 0 spiro atoms. The minimum absolute atomic E-state index is 0.0890. The number of ketones is 1. The monoisotopic (exact) mass is 498 g/mol. The predicted molar refractivity (Wildman–Crippen MR) is 128 cm³/mol. The number of carbonyl (C=O) groups is 1. The van der Waals surface area contributed by atoms with E-state index in [4.69, 9.17) is 0 Å². The van der Waals surface area contributed by atoms with Crippen molar-refractivity contribution in [2.24, 2.45) is 5.92 Å². The first-order valence-corrected chi connectivity index (χ1v) is 13.3. The van der Waals surface area contributed by atoms with Gasteiger partial charge in [-0.25, -0.2) is 17.5 Å². The first-order valence-electron chi connectivity index (χ1n) is 11.0. The fourth-order valence-corrected chi connectivity index (χ4v) is 6.52. The Morgan fingerprint density at radius 3 is 2.56 bits per heavy atom. The largest absolute Gasteiger partial charge is 0.290 e. The van der Waals surface area contributed by atoms with Crippen molar-refractivity contribution >= 4 is 38.0 Å². The number of hydrogen-bond donors (Lipinski definition) is 1. The number of halogens is 1. The lowest BCUT2D eigenvalue weighted by atomic mass is 10.0. The van der Waals surface area contributed by atoms with Crippen molar-refractivity contribution in [3.63, 3.8) is 0 Å². The number of sulfonamides is 1. The number of aromatic nitrogens is 3. The number of aryl methyl sites for hydroxylation is 1. The van der Waals surface area contributed by atoms with E-state index < -0.39 is 15.8 Å². The summed E-state index contributed by atoms with van der Waals surface area (Å²) < 4.78 is 44.3. The molecule has 5 rings (SSSR count). The minimum atomic E-state index is -3.75. The molecule has 2 atom stereocenters. The second-order valence-electron chi connectivity index (χ2n) is 8.67. The third-order valence-electron chi connectivity index (χ3n) is 6.33. The van der Waals surface area contributed by atoms with Crippen molar-refractivity contribution < 1.29 is 17.6 Å². The molecule has 0 aliphatic heterocycles. The molecular weight excluding hydrogens is 475 g/mol. The summed E-state index contributed by atoms with van der Waals surface area (Å²) in [6.07, 6.45) is 4.46. The van der Waals surface area contributed by atoms with E-state index >= 15 is 0 Å². The van der Waals surface area contributed by atoms with E-state index in [0.29, 0.717) is 27.2 Å². The number of carbonyl (C=O) groups excluding carboxylic acids is 1. The third kappa shape index (κ3) is 4.17. The van der Waals surface area contributed by atoms with Crippen LogP contribution in [-0.2, 0) is 10.0 Å². The minimum Gasteiger partial charge on any atom is -0.290 e. The zero-order chi connectivity index (χ0) is 24.0. The fourth-order valence-electron chi connectivity index (χ4n) is 4.44. The van der Waals surface area contributed by atoms with Gasteiger partial charge in [-0.2, -0.15) is 0 Å². The topological polar surface area (TPSA) is 93.9 Å². The molecule has 0 saturated heterocycles. The van der Waals surface area contributed by atoms with Gasteiger partial charge in [-0.3, -0.25) is 9.36 Å². The molecule has 0 radical (unpaired) electrons. The molecule has 0 amide bonds. The van der Waals surface area contributed by atoms with Gasteiger partial charge in [0, 0.05) is 28.8 Å². The molecule has 1 aliphatic carbocycles. The Hall–Kier alpha value is -2.95. The van der Waals surface area contributed by atoms with E-state index in [-0.39, 0.29) is 22.6 Å². The molecule has 4 aromatic rings. The Morgan fingerprint density at radius 1 is 1.15 bits per heavy atom. The number of benzene rings is 2. The van der Waals surface area contributed by atoms with Gasteiger partial charge in [0.15, 0.2) is 5.78 Å². The first-order chi connectivity index (χ1) is 16.2. The number of fused-ring (bicyclic) bond motifs is 1. The normalized spacial score (nSPS) is 18.6. The molecule has 1 saturated carbocycles. The summed E-state index contributed by atoms with van der Waals surface area (Å²) in [6.45, 7) is 3.87. The number of hydrogen-bond acceptors (Lipinski definition) is 6. The SMILES string of the molecule is Cc1nnc(-n2cc(C(=O)c3ccc(F)cc3)c3ccc(S(=O)(=O)NC4CCCC4C)cc32)s1. The Kier molecular flexibility index (Phi) is 5.83. The van der Waals surface area contributed by atoms with Crippen molar-refractivity contribution in [3.05, 3.63) is 70.6 Å². The summed E-state index contributed by atoms with van der Waals surface area (Å²) in [4.78, 5) is 13.4. The van der Waals surface area contributed by atoms with E-state index in [1.54, 1.807) is 22.9 Å². The van der Waals surface area contributed by atoms with Crippen LogP contribution >= 0.6 is 11.3 Å². The lowest BCUT2D eigenvalue weighted by Gasteiger charge is -2.17. The molecule has 0 bridgehead atoms. The fraction of sp³-hybridized carbons (Fsp3) is 0.292. The predicted octanol–water partition coefficient (Wildman–Crippen LogP) is 4.63. The van der Waals surface area contributed by atoms with E-state index in [1.165, 1.54) is 41.7 Å². The van der Waals surface area contributed by atoms with Gasteiger partial charge in [0.05, 0.1) is 10.4 Å². The van der Waals surface area contributed by atoms with Crippen LogP contribution in [0.2, 0.25) is 0 Å². The molecule has 7 nitrogen and oxygen atoms in total. The first kappa shape index (κ1) is 22.8. The van der Waals surface area contributed by atoms with E-state index in [2.05, 4.69) is 21.8 Å². The van der Waals surface area contributed by atoms with Crippen molar-refractivity contribution in [2.75, 3.05) is 0 Å². The van der Waals surface area contributed by atoms with Crippen molar-refractivity contribution in [2.45, 2.75) is 44.0 Å². The van der Waals surface area contributed by atoms with Gasteiger partial charge in [0.1, 0.15) is 10.8 Å². The van der Waals surface area contributed by atoms with Gasteiger partial charge < -0.3 is 0 Å². The van der Waals surface area contributed by atoms with Gasteiger partial charge in [0.2, 0.25) is 15.2 Å². The van der Waals surface area contributed by atoms with Crippen LogP contribution in [0, 0.1) is 18.7 Å². The Morgan fingerprint density at radius 2 is 1.91 bits per heavy atom. The highest BCUT2D eigenvalue weighted by Gasteiger charge is 2.29. The zero-order valence-corrected chi connectivity index (χ0v) is 20.3. The van der Waals surface area contributed by atoms with E-state index in [0.717, 1.165) is 24.3 Å². The van der Waals surface area contributed by atoms with Crippen LogP contribution in [0.1, 0.15) is 47.1 Å². The quantitative estimate of drug-likeness (QED) is 0.391. The van der Waals surface area contributed by atoms with Crippen LogP contribution in [0.15, 0.2) is 53.6 Å². The summed E-state index contributed by atoms with van der Waals surface area (Å²) in [5.41, 5.74) is 1.24. The van der Waals surface area contributed by atoms with Gasteiger partial charge in [-0.15, -0.1) is 10.2 Å². The summed E-state index contributed by atoms with van der Waals surface area (Å²) in [5, 5.41) is 10.1. The summed E-state index contributed by atoms with van der Waals surface area (Å²) in [7, 11) is -3.75. The van der Waals surface area contributed by atoms with Gasteiger partial charge in [-0.05, 0) is 62.1 Å². The van der Waals surface area contributed by atoms with Gasteiger partial charge in [-0.1, -0.05) is 30.7 Å². The lowest BCUT2D eigenvalue weighted by Crippen LogP contribution is -2.36. The van der Waals surface area contributed by atoms with E-state index in [1.807, 2.05) is 6.92 Å². The Bertz CT molecular complexity index is 1490. The molecule has 1 N–H and O–H groups in total. The smallest absolute Gasteiger partial charge is 0.240 e. The van der Waals surface area contributed by atoms with Gasteiger partial charge >= 0.3 is 0 Å². The summed E-state index contributed by atoms with van der Waals surface area (Å²) >= 11 is 1.33. The molecule has 34 heavy (non-hydrogen) atoms. The lowest BCUT2D eigenvalue weighted by molar-refractivity contribution is 0.104. The maximum absolute atomic E-state index is 13.4. The summed E-state index contributed by atoms with van der Waals surface area (Å²) in [6, 6.07) is 9.97. The molecule has 2 unspecified atom stereocenters. The highest BCUT2D eigenvalue weighted by atomic mass is 32.2. The van der Waals surface area contributed by atoms with Gasteiger partial charge in [0.25, 0.3) is 0 Å². The van der Waals surface area contributed by atoms with Crippen LogP contribution < -0.4 is 4.72 Å². The van der Waals surface area contributed by atoms with Crippen LogP contribution in [0.25, 0.3) is 16.0 Å². The Balaban J connectivity index is 1.62. The van der Waals surface area contributed by atoms with Crippen LogP contribution in [0.4, 0.5) is 4.39 Å². The zero-order valence-electron chi connectivity index (χ0n) is 18.7. The average Bonchev–Trinajstić information content (AvgIpc) is 3.52. The number of nitrogens with one attached hydrogen (secondary N) is 1. The molecule has 1 aliphatic rings. The standard InChI is InChI=1S/C24H23FN4O3S2/c1-14-4-3-5-21(14)28-34(31,32)18-10-11-19-20(23(30)16-6-8-17(25)9-7-16)13-29(22(19)12-18)24-27-26-15(2)33-24/h6-14,21,28H,3-5H2,1-2H3. The van der Waals surface area contributed by atoms with Crippen molar-refractivity contribution in [1.82, 2.24) is 19.5 Å². The van der Waals surface area contributed by atoms with Crippen molar-refractivity contribution in [1.29, 1.82) is 0 Å². The van der Waals surface area contributed by atoms with Crippen LogP contribution in [-0.4, -0.2) is 35.0 Å². The van der Waals surface area contributed by atoms with Crippen molar-refractivity contribution in [3.8, 4) is 5.13 Å². The van der Waals surface area contributed by atoms with Crippen LogP contribution in [0.3, 0.4) is 0 Å². The average molecular weight is 499 g/mol. The highest BCUT2D eigenvalue weighted by Crippen LogP contribution is 2.31. The molecule has 1 fully saturated rings. The maximum atomic E-state index is 13.4. The molecule has 2 aromatic heterocycles. The molecule has 10 heteroatoms. The molecule has 2 aromatic carbocycles. The second-order valence-corrected chi connectivity index (χ2v) is 11.5. The van der Waals surface area contributed by atoms with Crippen LogP contribution in [0.5, 0.6) is 0 Å².